The fourth-order valence-corrected chi connectivity index (χ4v) is 1.77. The topological polar surface area (TPSA) is 60.9 Å². The summed E-state index contributed by atoms with van der Waals surface area (Å²) in [6.07, 6.45) is 3.63. The van der Waals surface area contributed by atoms with E-state index >= 15 is 0 Å². The molecule has 0 amide bonds. The number of carbonyl (C=O) groups excluding carboxylic acids is 1. The highest BCUT2D eigenvalue weighted by molar-refractivity contribution is 5.81. The van der Waals surface area contributed by atoms with Crippen LogP contribution in [0.1, 0.15) is 16.1 Å². The number of imidazole rings is 1. The molecular formula is C13H14FN3O. The Bertz CT molecular complexity index is 551. The van der Waals surface area contributed by atoms with Crippen LogP contribution in [0, 0.1) is 5.82 Å². The molecule has 2 aromatic rings. The fraction of sp³-hybridized carbons (Fsp3) is 0.231. The van der Waals surface area contributed by atoms with Crippen LogP contribution in [0.4, 0.5) is 4.39 Å². The molecule has 1 heterocycles. The molecule has 4 nitrogen and oxygen atoms in total. The van der Waals surface area contributed by atoms with Gasteiger partial charge in [-0.1, -0.05) is 18.2 Å². The minimum absolute atomic E-state index is 0.0145. The van der Waals surface area contributed by atoms with Crippen LogP contribution in [0.25, 0.3) is 0 Å². The Kier molecular flexibility index (Phi) is 3.84. The molecule has 0 radical (unpaired) electrons. The van der Waals surface area contributed by atoms with Crippen LogP contribution >= 0.6 is 0 Å². The van der Waals surface area contributed by atoms with Gasteiger partial charge in [0.2, 0.25) is 5.91 Å². The summed E-state index contributed by atoms with van der Waals surface area (Å²) in [6, 6.07) is 6.25. The molecule has 0 aliphatic heterocycles. The Morgan fingerprint density at radius 3 is 2.89 bits per heavy atom. The molecule has 0 bridgehead atoms. The van der Waals surface area contributed by atoms with Gasteiger partial charge < -0.3 is 5.73 Å². The first-order chi connectivity index (χ1) is 8.72. The first-order valence-corrected chi connectivity index (χ1v) is 5.70. The van der Waals surface area contributed by atoms with Gasteiger partial charge in [0.25, 0.3) is 0 Å². The summed E-state index contributed by atoms with van der Waals surface area (Å²) in [4.78, 5) is 16.0. The first-order valence-electron chi connectivity index (χ1n) is 5.70. The molecular weight excluding hydrogens is 233 g/mol. The summed E-state index contributed by atoms with van der Waals surface area (Å²) in [7, 11) is 0. The van der Waals surface area contributed by atoms with Gasteiger partial charge >= 0.3 is 0 Å². The molecule has 0 atom stereocenters. The van der Waals surface area contributed by atoms with E-state index in [0.29, 0.717) is 18.5 Å². The van der Waals surface area contributed by atoms with Crippen LogP contribution in [0.2, 0.25) is 0 Å². The maximum atomic E-state index is 13.4. The molecule has 0 spiro atoms. The number of hydrogen-bond donors (Lipinski definition) is 1. The molecule has 0 aliphatic rings. The minimum atomic E-state index is -0.369. The monoisotopic (exact) mass is 247 g/mol. The first kappa shape index (κ1) is 12.4. The molecule has 0 aliphatic carbocycles. The van der Waals surface area contributed by atoms with E-state index in [1.54, 1.807) is 24.4 Å². The number of carbonyl (C=O) groups is 1. The van der Waals surface area contributed by atoms with E-state index in [1.165, 1.54) is 17.0 Å². The molecule has 94 valence electrons. The van der Waals surface area contributed by atoms with Gasteiger partial charge in [-0.25, -0.2) is 9.37 Å². The summed E-state index contributed by atoms with van der Waals surface area (Å²) in [5, 5.41) is 0. The Morgan fingerprint density at radius 1 is 1.39 bits per heavy atom. The average Bonchev–Trinajstić information content (AvgIpc) is 2.81. The number of benzene rings is 1. The number of hydrogen-bond acceptors (Lipinski definition) is 3. The van der Waals surface area contributed by atoms with Crippen LogP contribution in [-0.4, -0.2) is 22.0 Å². The number of nitrogens with two attached hydrogens (primary N) is 1. The van der Waals surface area contributed by atoms with E-state index in [-0.39, 0.29) is 18.1 Å². The normalized spacial score (nSPS) is 10.6. The van der Waals surface area contributed by atoms with Crippen molar-refractivity contribution in [2.45, 2.75) is 12.8 Å². The van der Waals surface area contributed by atoms with Crippen LogP contribution in [0.3, 0.4) is 0 Å². The highest BCUT2D eigenvalue weighted by Gasteiger charge is 2.12. The van der Waals surface area contributed by atoms with Crippen molar-refractivity contribution in [1.82, 2.24) is 9.55 Å². The summed E-state index contributed by atoms with van der Waals surface area (Å²) < 4.78 is 14.9. The van der Waals surface area contributed by atoms with Crippen molar-refractivity contribution in [1.29, 1.82) is 0 Å². The third kappa shape index (κ3) is 2.62. The highest BCUT2D eigenvalue weighted by atomic mass is 19.1. The Morgan fingerprint density at radius 2 is 2.17 bits per heavy atom. The van der Waals surface area contributed by atoms with Gasteiger partial charge in [-0.15, -0.1) is 0 Å². The van der Waals surface area contributed by atoms with Gasteiger partial charge in [0.15, 0.2) is 0 Å². The minimum Gasteiger partial charge on any atom is -0.330 e. The summed E-state index contributed by atoms with van der Waals surface area (Å²) >= 11 is 0. The quantitative estimate of drug-likeness (QED) is 0.888. The standard InChI is InChI=1S/C13H14FN3O/c14-12-4-2-1-3-10(12)7-13(18)17-9-16-8-11(17)5-6-15/h1-4,8-9H,5-7,15H2. The SMILES string of the molecule is NCCc1cncn1C(=O)Cc1ccccc1F. The zero-order chi connectivity index (χ0) is 13.0. The maximum Gasteiger partial charge on any atom is 0.236 e. The number of aromatic nitrogens is 2. The Labute approximate surface area is 104 Å². The average molecular weight is 247 g/mol. The second-order valence-corrected chi connectivity index (χ2v) is 3.96. The Balaban J connectivity index is 2.17. The van der Waals surface area contributed by atoms with Crippen molar-refractivity contribution in [2.24, 2.45) is 5.73 Å². The molecule has 2 rings (SSSR count). The molecule has 0 fully saturated rings. The van der Waals surface area contributed by atoms with Crippen molar-refractivity contribution >= 4 is 5.91 Å². The molecule has 0 saturated carbocycles. The van der Waals surface area contributed by atoms with Crippen molar-refractivity contribution in [3.8, 4) is 0 Å². The summed E-state index contributed by atoms with van der Waals surface area (Å²) in [5.41, 5.74) is 6.59. The largest absolute Gasteiger partial charge is 0.330 e. The van der Waals surface area contributed by atoms with Crippen LogP contribution < -0.4 is 5.73 Å². The van der Waals surface area contributed by atoms with E-state index in [0.717, 1.165) is 5.69 Å². The van der Waals surface area contributed by atoms with Gasteiger partial charge in [-0.3, -0.25) is 9.36 Å². The Hall–Kier alpha value is -2.01. The van der Waals surface area contributed by atoms with Gasteiger partial charge in [0, 0.05) is 18.3 Å². The van der Waals surface area contributed by atoms with Gasteiger partial charge in [-0.05, 0) is 18.2 Å². The van der Waals surface area contributed by atoms with Gasteiger partial charge in [0.1, 0.15) is 12.1 Å². The lowest BCUT2D eigenvalue weighted by Gasteiger charge is -2.06. The summed E-state index contributed by atoms with van der Waals surface area (Å²) in [5.74, 6) is -0.576. The van der Waals surface area contributed by atoms with Crippen LogP contribution in [0.5, 0.6) is 0 Å². The smallest absolute Gasteiger partial charge is 0.236 e. The van der Waals surface area contributed by atoms with Crippen molar-refractivity contribution in [3.05, 3.63) is 53.9 Å². The predicted molar refractivity (Wildman–Crippen MR) is 65.7 cm³/mol. The van der Waals surface area contributed by atoms with E-state index in [2.05, 4.69) is 4.98 Å². The number of nitrogens with zero attached hydrogens (tertiary/aromatic N) is 2. The van der Waals surface area contributed by atoms with E-state index < -0.39 is 0 Å². The molecule has 0 unspecified atom stereocenters. The number of halogens is 1. The van der Waals surface area contributed by atoms with Crippen molar-refractivity contribution in [3.63, 3.8) is 0 Å². The molecule has 18 heavy (non-hydrogen) atoms. The third-order valence-corrected chi connectivity index (χ3v) is 2.68. The lowest BCUT2D eigenvalue weighted by molar-refractivity contribution is 0.0909. The van der Waals surface area contributed by atoms with E-state index in [9.17, 15) is 9.18 Å². The molecule has 1 aromatic carbocycles. The van der Waals surface area contributed by atoms with Crippen LogP contribution in [-0.2, 0) is 12.8 Å². The second kappa shape index (κ2) is 5.55. The highest BCUT2D eigenvalue weighted by Crippen LogP contribution is 2.09. The zero-order valence-corrected chi connectivity index (χ0v) is 9.84. The molecule has 1 aromatic heterocycles. The van der Waals surface area contributed by atoms with E-state index in [1.807, 2.05) is 0 Å². The van der Waals surface area contributed by atoms with Crippen molar-refractivity contribution in [2.75, 3.05) is 6.54 Å². The second-order valence-electron chi connectivity index (χ2n) is 3.96. The lowest BCUT2D eigenvalue weighted by atomic mass is 10.1. The zero-order valence-electron chi connectivity index (χ0n) is 9.84. The van der Waals surface area contributed by atoms with Gasteiger partial charge in [0.05, 0.1) is 6.42 Å². The lowest BCUT2D eigenvalue weighted by Crippen LogP contribution is -2.17. The predicted octanol–water partition coefficient (Wildman–Crippen LogP) is 1.41. The number of rotatable bonds is 4. The molecule has 2 N–H and O–H groups in total. The van der Waals surface area contributed by atoms with Gasteiger partial charge in [-0.2, -0.15) is 0 Å². The fourth-order valence-electron chi connectivity index (χ4n) is 1.77. The third-order valence-electron chi connectivity index (χ3n) is 2.68. The molecule has 5 heteroatoms. The molecule has 0 saturated heterocycles. The van der Waals surface area contributed by atoms with Crippen LogP contribution in [0.15, 0.2) is 36.8 Å². The van der Waals surface area contributed by atoms with E-state index in [4.69, 9.17) is 5.73 Å². The summed E-state index contributed by atoms with van der Waals surface area (Å²) in [6.45, 7) is 0.443. The maximum absolute atomic E-state index is 13.4. The van der Waals surface area contributed by atoms with Crippen molar-refractivity contribution < 1.29 is 9.18 Å².